The summed E-state index contributed by atoms with van der Waals surface area (Å²) in [5.41, 5.74) is 2.84. The minimum Gasteiger partial charge on any atom is -0.455 e. The third-order valence-corrected chi connectivity index (χ3v) is 10.8. The molecule has 9 rings (SSSR count). The number of aromatic nitrogens is 7. The second-order valence-electron chi connectivity index (χ2n) is 15.4. The number of ether oxygens (including phenoxy) is 10. The van der Waals surface area contributed by atoms with Crippen LogP contribution in [-0.2, 0) is 66.5 Å². The first-order valence-corrected chi connectivity index (χ1v) is 20.4. The van der Waals surface area contributed by atoms with Gasteiger partial charge in [0.05, 0.1) is 37.0 Å². The summed E-state index contributed by atoms with van der Waals surface area (Å²) in [5.74, 6) is -2.55. The Bertz CT molecular complexity index is 2310. The van der Waals surface area contributed by atoms with E-state index in [-0.39, 0.29) is 13.2 Å². The minimum absolute atomic E-state index is 0.0621. The molecule has 0 radical (unpaired) electrons. The Labute approximate surface area is 364 Å². The zero-order valence-corrected chi connectivity index (χ0v) is 34.8. The first-order chi connectivity index (χ1) is 31.0. The quantitative estimate of drug-likeness (QED) is 0.144. The zero-order valence-electron chi connectivity index (χ0n) is 34.8. The highest BCUT2D eigenvalue weighted by molar-refractivity contribution is 5.68. The van der Waals surface area contributed by atoms with Crippen LogP contribution in [0.5, 0.6) is 0 Å². The van der Waals surface area contributed by atoms with Gasteiger partial charge in [0.1, 0.15) is 35.8 Å². The van der Waals surface area contributed by atoms with Gasteiger partial charge in [0, 0.05) is 38.8 Å². The van der Waals surface area contributed by atoms with E-state index in [0.717, 1.165) is 11.1 Å². The fourth-order valence-electron chi connectivity index (χ4n) is 8.15. The van der Waals surface area contributed by atoms with E-state index in [1.807, 2.05) is 60.7 Å². The van der Waals surface area contributed by atoms with Crippen molar-refractivity contribution in [2.24, 2.45) is 0 Å². The third kappa shape index (κ3) is 8.98. The Balaban J connectivity index is 0.963. The number of rotatable bonds is 10. The number of hydrogen-bond donors (Lipinski definition) is 0. The van der Waals surface area contributed by atoms with Crippen LogP contribution in [0, 0.1) is 0 Å². The van der Waals surface area contributed by atoms with Gasteiger partial charge >= 0.3 is 23.9 Å². The highest BCUT2D eigenvalue weighted by Gasteiger charge is 2.56. The molecule has 4 aliphatic rings. The molecule has 0 bridgehead atoms. The molecule has 0 unspecified atom stereocenters. The summed E-state index contributed by atoms with van der Waals surface area (Å²) in [6, 6.07) is 23.6. The van der Waals surface area contributed by atoms with E-state index in [4.69, 9.17) is 52.4 Å². The SMILES string of the molecule is CC(=O)O[C@@H]1[C@@H](OC(C)=O)[C@H](n2cc(-c3cccc(-c4cn([C@@H]5O[C@@H]6CO[C@@H](c7ccccc7)O[C@H]6[C@H](OC(C)=O)[C@H]5OC(C)=O)nn4)n3)nn2)O[C@@H]2CO[C@@H](c3ccccc3)O[C@@H]12. The Hall–Kier alpha value is -6.49. The number of benzene rings is 2. The predicted octanol–water partition coefficient (Wildman–Crippen LogP) is 3.35. The van der Waals surface area contributed by atoms with Crippen LogP contribution < -0.4 is 0 Å². The summed E-state index contributed by atoms with van der Waals surface area (Å²) in [7, 11) is 0. The normalized spacial score (nSPS) is 29.9. The molecule has 0 N–H and O–H groups in total. The van der Waals surface area contributed by atoms with Crippen molar-refractivity contribution >= 4 is 23.9 Å². The Morgan fingerprint density at radius 3 is 1.28 bits per heavy atom. The highest BCUT2D eigenvalue weighted by Crippen LogP contribution is 2.42. The number of hydrogen-bond acceptors (Lipinski definition) is 19. The van der Waals surface area contributed by atoms with Crippen molar-refractivity contribution in [1.29, 1.82) is 0 Å². The molecule has 4 aliphatic heterocycles. The monoisotopic (exact) mass is 881 g/mol. The Morgan fingerprint density at radius 1 is 0.500 bits per heavy atom. The van der Waals surface area contributed by atoms with E-state index in [0.29, 0.717) is 22.8 Å². The maximum atomic E-state index is 12.5. The molecule has 4 fully saturated rings. The maximum absolute atomic E-state index is 12.5. The van der Waals surface area contributed by atoms with Crippen molar-refractivity contribution in [2.75, 3.05) is 13.2 Å². The number of carbonyl (C=O) groups excluding carboxylic acids is 4. The lowest BCUT2D eigenvalue weighted by atomic mass is 9.96. The van der Waals surface area contributed by atoms with Crippen LogP contribution in [0.25, 0.3) is 22.8 Å². The van der Waals surface area contributed by atoms with Gasteiger partial charge in [0.15, 0.2) is 49.5 Å². The Morgan fingerprint density at radius 2 is 0.891 bits per heavy atom. The van der Waals surface area contributed by atoms with Crippen LogP contribution in [-0.4, -0.2) is 121 Å². The van der Waals surface area contributed by atoms with Gasteiger partial charge in [0.25, 0.3) is 0 Å². The Kier molecular flexibility index (Phi) is 12.2. The molecule has 0 aliphatic carbocycles. The molecule has 7 heterocycles. The van der Waals surface area contributed by atoms with E-state index in [9.17, 15) is 19.2 Å². The summed E-state index contributed by atoms with van der Waals surface area (Å²) in [5, 5.41) is 17.3. The molecule has 4 saturated heterocycles. The van der Waals surface area contributed by atoms with Gasteiger partial charge in [-0.2, -0.15) is 0 Å². The first kappa shape index (κ1) is 42.8. The van der Waals surface area contributed by atoms with Crippen LogP contribution in [0.3, 0.4) is 0 Å². The second-order valence-corrected chi connectivity index (χ2v) is 15.4. The lowest BCUT2D eigenvalue weighted by Crippen LogP contribution is -2.62. The van der Waals surface area contributed by atoms with E-state index in [1.54, 1.807) is 30.6 Å². The van der Waals surface area contributed by atoms with Gasteiger partial charge in [-0.1, -0.05) is 77.2 Å². The molecule has 21 nitrogen and oxygen atoms in total. The van der Waals surface area contributed by atoms with Crippen molar-refractivity contribution in [3.05, 3.63) is 102 Å². The molecule has 0 amide bonds. The summed E-state index contributed by atoms with van der Waals surface area (Å²) in [4.78, 5) is 54.7. The molecule has 21 heteroatoms. The standard InChI is InChI=1S/C43H43N7O14/c1-22(51)57-36-34-32(20-55-42(63-34)26-12-7-5-8-13-26)61-40(38(36)59-24(3)53)49-18-30(45-47-49)28-16-11-17-29(44-28)31-19-50(48-46-31)41-39(60-25(4)54)37(58-23(2)52)35-33(62-41)21-56-43(64-35)27-14-9-6-10-15-27/h5-19,32-43H,20-21H2,1-4H3/t32-,33-,34-,35-,36+,37+,38-,39-,40-,41-,42-,43-/m1/s1. The summed E-state index contributed by atoms with van der Waals surface area (Å²) in [6.45, 7) is 5.09. The molecule has 0 saturated carbocycles. The number of nitrogens with zero attached hydrogens (tertiary/aromatic N) is 7. The molecule has 2 aromatic carbocycles. The first-order valence-electron chi connectivity index (χ1n) is 20.4. The maximum Gasteiger partial charge on any atom is 0.303 e. The second kappa shape index (κ2) is 18.3. The summed E-state index contributed by atoms with van der Waals surface area (Å²) < 4.78 is 63.2. The zero-order chi connectivity index (χ0) is 44.5. The van der Waals surface area contributed by atoms with Gasteiger partial charge in [0.2, 0.25) is 0 Å². The third-order valence-electron chi connectivity index (χ3n) is 10.8. The molecule has 5 aromatic rings. The number of esters is 4. The smallest absolute Gasteiger partial charge is 0.303 e. The van der Waals surface area contributed by atoms with Crippen molar-refractivity contribution in [1.82, 2.24) is 35.0 Å². The number of pyridine rings is 1. The largest absolute Gasteiger partial charge is 0.455 e. The van der Waals surface area contributed by atoms with Gasteiger partial charge in [-0.3, -0.25) is 19.2 Å². The van der Waals surface area contributed by atoms with Crippen molar-refractivity contribution in [2.45, 2.75) is 102 Å². The minimum atomic E-state index is -1.20. The topological polar surface area (TPSA) is 235 Å². The average molecular weight is 882 g/mol. The van der Waals surface area contributed by atoms with Crippen LogP contribution in [0.15, 0.2) is 91.3 Å². The van der Waals surface area contributed by atoms with Crippen molar-refractivity contribution in [3.8, 4) is 22.8 Å². The average Bonchev–Trinajstić information content (AvgIpc) is 3.99. The number of fused-ring (bicyclic) bond motifs is 2. The lowest BCUT2D eigenvalue weighted by Gasteiger charge is -2.48. The van der Waals surface area contributed by atoms with Gasteiger partial charge in [-0.15, -0.1) is 10.2 Å². The van der Waals surface area contributed by atoms with E-state index in [2.05, 4.69) is 20.6 Å². The molecule has 334 valence electrons. The van der Waals surface area contributed by atoms with Gasteiger partial charge < -0.3 is 47.4 Å². The van der Waals surface area contributed by atoms with Crippen LogP contribution in [0.4, 0.5) is 0 Å². The molecular formula is C43H43N7O14. The van der Waals surface area contributed by atoms with Crippen molar-refractivity contribution in [3.63, 3.8) is 0 Å². The van der Waals surface area contributed by atoms with E-state index < -0.39 is 97.7 Å². The fourth-order valence-corrected chi connectivity index (χ4v) is 8.15. The van der Waals surface area contributed by atoms with Gasteiger partial charge in [-0.05, 0) is 12.1 Å². The molecule has 64 heavy (non-hydrogen) atoms. The van der Waals surface area contributed by atoms with E-state index >= 15 is 0 Å². The molecule has 12 atom stereocenters. The lowest BCUT2D eigenvalue weighted by molar-refractivity contribution is -0.341. The predicted molar refractivity (Wildman–Crippen MR) is 212 cm³/mol. The van der Waals surface area contributed by atoms with Crippen LogP contribution in [0.2, 0.25) is 0 Å². The van der Waals surface area contributed by atoms with Gasteiger partial charge in [-0.25, -0.2) is 14.3 Å². The fraction of sp³-hybridized carbons (Fsp3) is 0.419. The molecule has 3 aromatic heterocycles. The van der Waals surface area contributed by atoms with E-state index in [1.165, 1.54) is 37.1 Å². The van der Waals surface area contributed by atoms with Crippen LogP contribution >= 0.6 is 0 Å². The highest BCUT2D eigenvalue weighted by atomic mass is 16.7. The summed E-state index contributed by atoms with van der Waals surface area (Å²) >= 11 is 0. The van der Waals surface area contributed by atoms with Crippen LogP contribution in [0.1, 0.15) is 63.9 Å². The number of carbonyl (C=O) groups is 4. The summed E-state index contributed by atoms with van der Waals surface area (Å²) in [6.07, 6.45) is -8.60. The van der Waals surface area contributed by atoms with Crippen molar-refractivity contribution < 1.29 is 66.5 Å². The molecule has 0 spiro atoms. The molecular weight excluding hydrogens is 839 g/mol.